The normalized spacial score (nSPS) is 22.6. The molecule has 5 rings (SSSR count). The van der Waals surface area contributed by atoms with Gasteiger partial charge in [-0.3, -0.25) is 14.6 Å². The van der Waals surface area contributed by atoms with Crippen molar-refractivity contribution in [2.45, 2.75) is 18.5 Å². The second-order valence-corrected chi connectivity index (χ2v) is 8.14. The summed E-state index contributed by atoms with van der Waals surface area (Å²) in [5.74, 6) is 0.260. The molecule has 1 aliphatic carbocycles. The molecule has 1 atom stereocenters. The van der Waals surface area contributed by atoms with Crippen LogP contribution in [0.15, 0.2) is 84.9 Å². The van der Waals surface area contributed by atoms with Gasteiger partial charge in [-0.25, -0.2) is 0 Å². The number of ketones is 1. The largest absolute Gasteiger partial charge is 0.297 e. The van der Waals surface area contributed by atoms with Crippen molar-refractivity contribution in [3.63, 3.8) is 0 Å². The number of nitrogens with zero attached hydrogens (tertiary/aromatic N) is 2. The monoisotopic (exact) mass is 382 g/mol. The van der Waals surface area contributed by atoms with Crippen molar-refractivity contribution in [3.8, 4) is 0 Å². The topological polar surface area (TPSA) is 23.6 Å². The Kier molecular flexibility index (Phi) is 4.78. The summed E-state index contributed by atoms with van der Waals surface area (Å²) in [5.41, 5.74) is 3.97. The number of hydrogen-bond acceptors (Lipinski definition) is 3. The third-order valence-electron chi connectivity index (χ3n) is 6.50. The van der Waals surface area contributed by atoms with E-state index in [4.69, 9.17) is 0 Å². The number of carbonyl (C=O) groups excluding carboxylic acids is 1. The molecule has 0 bridgehead atoms. The van der Waals surface area contributed by atoms with Crippen LogP contribution in [0.5, 0.6) is 0 Å². The van der Waals surface area contributed by atoms with Crippen molar-refractivity contribution < 1.29 is 4.79 Å². The second kappa shape index (κ2) is 7.58. The Morgan fingerprint density at radius 1 is 0.724 bits per heavy atom. The van der Waals surface area contributed by atoms with E-state index in [1.165, 1.54) is 11.1 Å². The Labute approximate surface area is 172 Å². The Hall–Kier alpha value is -2.75. The maximum atomic E-state index is 13.7. The molecule has 0 spiro atoms. The van der Waals surface area contributed by atoms with Crippen LogP contribution in [0.3, 0.4) is 0 Å². The fraction of sp³-hybridized carbons (Fsp3) is 0.269. The van der Waals surface area contributed by atoms with Gasteiger partial charge in [-0.05, 0) is 16.7 Å². The average Bonchev–Trinajstić information content (AvgIpc) is 3.09. The van der Waals surface area contributed by atoms with Crippen LogP contribution in [0, 0.1) is 0 Å². The van der Waals surface area contributed by atoms with E-state index in [1.54, 1.807) is 0 Å². The molecule has 146 valence electrons. The predicted molar refractivity (Wildman–Crippen MR) is 116 cm³/mol. The lowest BCUT2D eigenvalue weighted by molar-refractivity contribution is 0.0288. The molecular weight excluding hydrogens is 356 g/mol. The lowest BCUT2D eigenvalue weighted by Gasteiger charge is -2.45. The Bertz CT molecular complexity index is 993. The van der Waals surface area contributed by atoms with Crippen LogP contribution in [-0.2, 0) is 18.5 Å². The van der Waals surface area contributed by atoms with Gasteiger partial charge in [0.2, 0.25) is 0 Å². The average molecular weight is 383 g/mol. The zero-order valence-electron chi connectivity index (χ0n) is 16.6. The third kappa shape index (κ3) is 3.21. The summed E-state index contributed by atoms with van der Waals surface area (Å²) in [6.07, 6.45) is 0.769. The molecule has 2 aliphatic rings. The Morgan fingerprint density at radius 3 is 2.03 bits per heavy atom. The van der Waals surface area contributed by atoms with Crippen LogP contribution in [-0.4, -0.2) is 41.8 Å². The summed E-state index contributed by atoms with van der Waals surface area (Å²) in [4.78, 5) is 18.7. The molecule has 1 fully saturated rings. The molecule has 1 heterocycles. The minimum atomic E-state index is -0.566. The second-order valence-electron chi connectivity index (χ2n) is 8.14. The quantitative estimate of drug-likeness (QED) is 0.678. The number of benzene rings is 3. The summed E-state index contributed by atoms with van der Waals surface area (Å²) >= 11 is 0. The smallest absolute Gasteiger partial charge is 0.188 e. The molecule has 1 aliphatic heterocycles. The van der Waals surface area contributed by atoms with E-state index >= 15 is 0 Å². The highest BCUT2D eigenvalue weighted by molar-refractivity contribution is 6.08. The van der Waals surface area contributed by atoms with Crippen LogP contribution in [0.25, 0.3) is 0 Å². The number of fused-ring (bicyclic) bond motifs is 1. The van der Waals surface area contributed by atoms with Gasteiger partial charge in [-0.1, -0.05) is 84.9 Å². The first kappa shape index (κ1) is 18.3. The summed E-state index contributed by atoms with van der Waals surface area (Å²) in [6, 6.07) is 29.2. The number of carbonyl (C=O) groups is 1. The van der Waals surface area contributed by atoms with Crippen molar-refractivity contribution in [1.29, 1.82) is 0 Å². The van der Waals surface area contributed by atoms with Gasteiger partial charge in [0.25, 0.3) is 0 Å². The minimum absolute atomic E-state index is 0.260. The van der Waals surface area contributed by atoms with E-state index in [9.17, 15) is 4.79 Å². The lowest BCUT2D eigenvalue weighted by Crippen LogP contribution is -2.58. The van der Waals surface area contributed by atoms with E-state index < -0.39 is 5.54 Å². The molecular formula is C26H26N2O. The van der Waals surface area contributed by atoms with Gasteiger partial charge in [0.05, 0.1) is 0 Å². The fourth-order valence-electron chi connectivity index (χ4n) is 4.99. The van der Waals surface area contributed by atoms with Crippen LogP contribution in [0.2, 0.25) is 0 Å². The maximum absolute atomic E-state index is 13.7. The molecule has 0 saturated carbocycles. The van der Waals surface area contributed by atoms with Crippen molar-refractivity contribution >= 4 is 5.78 Å². The molecule has 0 N–H and O–H groups in total. The molecule has 1 saturated heterocycles. The van der Waals surface area contributed by atoms with Gasteiger partial charge in [-0.15, -0.1) is 0 Å². The van der Waals surface area contributed by atoms with Gasteiger partial charge in [0.1, 0.15) is 5.54 Å². The molecule has 29 heavy (non-hydrogen) atoms. The zero-order chi connectivity index (χ0) is 19.7. The van der Waals surface area contributed by atoms with Gasteiger partial charge >= 0.3 is 0 Å². The highest BCUT2D eigenvalue weighted by Crippen LogP contribution is 2.42. The summed E-state index contributed by atoms with van der Waals surface area (Å²) < 4.78 is 0. The Morgan fingerprint density at radius 2 is 1.34 bits per heavy atom. The first-order chi connectivity index (χ1) is 14.3. The maximum Gasteiger partial charge on any atom is 0.188 e. The van der Waals surface area contributed by atoms with Crippen LogP contribution in [0.1, 0.15) is 27.0 Å². The van der Waals surface area contributed by atoms with E-state index in [1.807, 2.05) is 24.3 Å². The molecule has 0 amide bonds. The van der Waals surface area contributed by atoms with Gasteiger partial charge < -0.3 is 0 Å². The number of piperazine rings is 1. The van der Waals surface area contributed by atoms with Crippen LogP contribution < -0.4 is 0 Å². The number of rotatable bonds is 4. The Balaban J connectivity index is 1.42. The highest BCUT2D eigenvalue weighted by Gasteiger charge is 2.51. The van der Waals surface area contributed by atoms with Gasteiger partial charge in [0, 0.05) is 44.7 Å². The standard InChI is InChI=1S/C26H26N2O/c29-25-24-14-8-7-11-22(24)19-26(25,23-12-5-2-6-13-23)28-17-15-27(16-18-28)20-21-9-3-1-4-10-21/h1-14H,15-20H2/t26-/m1/s1. The SMILES string of the molecule is O=C1c2ccccc2C[C@]1(c1ccccc1)N1CCN(Cc2ccccc2)CC1. The van der Waals surface area contributed by atoms with E-state index in [2.05, 4.69) is 70.5 Å². The summed E-state index contributed by atoms with van der Waals surface area (Å²) in [5, 5.41) is 0. The number of hydrogen-bond donors (Lipinski definition) is 0. The van der Waals surface area contributed by atoms with Crippen molar-refractivity contribution in [2.24, 2.45) is 0 Å². The van der Waals surface area contributed by atoms with Crippen molar-refractivity contribution in [3.05, 3.63) is 107 Å². The summed E-state index contributed by atoms with van der Waals surface area (Å²) in [7, 11) is 0. The van der Waals surface area contributed by atoms with Crippen LogP contribution >= 0.6 is 0 Å². The zero-order valence-corrected chi connectivity index (χ0v) is 16.6. The van der Waals surface area contributed by atoms with Crippen molar-refractivity contribution in [1.82, 2.24) is 9.80 Å². The van der Waals surface area contributed by atoms with Gasteiger partial charge in [0.15, 0.2) is 5.78 Å². The van der Waals surface area contributed by atoms with Crippen molar-refractivity contribution in [2.75, 3.05) is 26.2 Å². The molecule has 0 radical (unpaired) electrons. The van der Waals surface area contributed by atoms with Crippen LogP contribution in [0.4, 0.5) is 0 Å². The molecule has 3 nitrogen and oxygen atoms in total. The molecule has 3 heteroatoms. The first-order valence-electron chi connectivity index (χ1n) is 10.5. The highest BCUT2D eigenvalue weighted by atomic mass is 16.1. The third-order valence-corrected chi connectivity index (χ3v) is 6.50. The molecule has 3 aromatic carbocycles. The minimum Gasteiger partial charge on any atom is -0.297 e. The first-order valence-corrected chi connectivity index (χ1v) is 10.5. The van der Waals surface area contributed by atoms with E-state index in [0.29, 0.717) is 0 Å². The lowest BCUT2D eigenvalue weighted by atomic mass is 9.83. The van der Waals surface area contributed by atoms with E-state index in [-0.39, 0.29) is 5.78 Å². The number of Topliss-reactive ketones (excluding diaryl/α,β-unsaturated/α-hetero) is 1. The predicted octanol–water partition coefficient (Wildman–Crippen LogP) is 4.14. The summed E-state index contributed by atoms with van der Waals surface area (Å²) in [6.45, 7) is 4.74. The van der Waals surface area contributed by atoms with Gasteiger partial charge in [-0.2, -0.15) is 0 Å². The molecule has 0 unspecified atom stereocenters. The van der Waals surface area contributed by atoms with E-state index in [0.717, 1.165) is 50.3 Å². The fourth-order valence-corrected chi connectivity index (χ4v) is 4.99. The molecule has 0 aromatic heterocycles. The molecule has 3 aromatic rings.